The normalized spacial score (nSPS) is 17.3. The summed E-state index contributed by atoms with van der Waals surface area (Å²) >= 11 is 0. The van der Waals surface area contributed by atoms with Gasteiger partial charge in [-0.2, -0.15) is 0 Å². The Morgan fingerprint density at radius 2 is 2.06 bits per heavy atom. The van der Waals surface area contributed by atoms with E-state index in [1.54, 1.807) is 0 Å². The summed E-state index contributed by atoms with van der Waals surface area (Å²) in [4.78, 5) is 4.32. The molecule has 1 unspecified atom stereocenters. The van der Waals surface area contributed by atoms with E-state index in [4.69, 9.17) is 9.84 Å². The van der Waals surface area contributed by atoms with Crippen LogP contribution in [0.2, 0.25) is 0 Å². The molecule has 0 spiro atoms. The van der Waals surface area contributed by atoms with Crippen LogP contribution in [0.15, 0.2) is 42.6 Å². The fourth-order valence-corrected chi connectivity index (χ4v) is 2.27. The van der Waals surface area contributed by atoms with Crippen LogP contribution in [0.25, 0.3) is 0 Å². The quantitative estimate of drug-likeness (QED) is 0.893. The van der Waals surface area contributed by atoms with Crippen LogP contribution in [0.4, 0.5) is 0 Å². The van der Waals surface area contributed by atoms with Crippen molar-refractivity contribution in [1.29, 1.82) is 0 Å². The van der Waals surface area contributed by atoms with Crippen molar-refractivity contribution < 1.29 is 9.84 Å². The fraction of sp³-hybridized carbons (Fsp3) is 0.267. The first-order valence-corrected chi connectivity index (χ1v) is 6.14. The van der Waals surface area contributed by atoms with Crippen LogP contribution in [0, 0.1) is 0 Å². The molecule has 3 heteroatoms. The average Bonchev–Trinajstić information content (AvgIpc) is 2.82. The number of aliphatic hydroxyl groups is 1. The third-order valence-corrected chi connectivity index (χ3v) is 3.16. The van der Waals surface area contributed by atoms with E-state index in [1.165, 1.54) is 11.1 Å². The van der Waals surface area contributed by atoms with Crippen molar-refractivity contribution in [2.24, 2.45) is 0 Å². The Hall–Kier alpha value is -1.87. The number of benzene rings is 1. The maximum atomic E-state index is 9.09. The lowest BCUT2D eigenvalue weighted by molar-refractivity contribution is 0.131. The van der Waals surface area contributed by atoms with Crippen LogP contribution in [0.1, 0.15) is 16.7 Å². The van der Waals surface area contributed by atoms with Crippen LogP contribution in [-0.2, 0) is 12.8 Å². The van der Waals surface area contributed by atoms with Gasteiger partial charge in [0.25, 0.3) is 0 Å². The van der Waals surface area contributed by atoms with Gasteiger partial charge >= 0.3 is 0 Å². The summed E-state index contributed by atoms with van der Waals surface area (Å²) in [6.45, 7) is 0.0460. The first kappa shape index (κ1) is 11.2. The maximum absolute atomic E-state index is 9.09. The molecule has 92 valence electrons. The predicted molar refractivity (Wildman–Crippen MR) is 68.7 cm³/mol. The SMILES string of the molecule is OCC1Cc2cc(Cc3ccccc3)cnc2O1. The van der Waals surface area contributed by atoms with E-state index >= 15 is 0 Å². The van der Waals surface area contributed by atoms with Crippen molar-refractivity contribution in [2.45, 2.75) is 18.9 Å². The summed E-state index contributed by atoms with van der Waals surface area (Å²) < 4.78 is 5.50. The minimum Gasteiger partial charge on any atom is -0.471 e. The molecule has 1 aliphatic rings. The monoisotopic (exact) mass is 241 g/mol. The number of aliphatic hydroxyl groups excluding tert-OH is 1. The molecule has 0 radical (unpaired) electrons. The Balaban J connectivity index is 1.80. The zero-order valence-corrected chi connectivity index (χ0v) is 10.0. The van der Waals surface area contributed by atoms with Crippen LogP contribution < -0.4 is 4.74 Å². The van der Waals surface area contributed by atoms with Gasteiger partial charge in [0.05, 0.1) is 6.61 Å². The zero-order chi connectivity index (χ0) is 12.4. The van der Waals surface area contributed by atoms with Crippen LogP contribution >= 0.6 is 0 Å². The zero-order valence-electron chi connectivity index (χ0n) is 10.0. The van der Waals surface area contributed by atoms with E-state index in [0.717, 1.165) is 18.4 Å². The van der Waals surface area contributed by atoms with E-state index in [1.807, 2.05) is 24.4 Å². The van der Waals surface area contributed by atoms with Gasteiger partial charge < -0.3 is 9.84 Å². The summed E-state index contributed by atoms with van der Waals surface area (Å²) in [5, 5.41) is 9.09. The number of nitrogens with zero attached hydrogens (tertiary/aromatic N) is 1. The summed E-state index contributed by atoms with van der Waals surface area (Å²) in [5.74, 6) is 0.672. The maximum Gasteiger partial charge on any atom is 0.217 e. The molecule has 1 aromatic heterocycles. The number of hydrogen-bond acceptors (Lipinski definition) is 3. The Morgan fingerprint density at radius 1 is 1.22 bits per heavy atom. The molecule has 0 saturated heterocycles. The molecule has 1 atom stereocenters. The molecule has 1 aliphatic heterocycles. The minimum absolute atomic E-state index is 0.0460. The second-order valence-corrected chi connectivity index (χ2v) is 4.60. The summed E-state index contributed by atoms with van der Waals surface area (Å²) in [6.07, 6.45) is 3.36. The summed E-state index contributed by atoms with van der Waals surface area (Å²) in [7, 11) is 0. The second-order valence-electron chi connectivity index (χ2n) is 4.60. The van der Waals surface area contributed by atoms with E-state index in [-0.39, 0.29) is 12.7 Å². The summed E-state index contributed by atoms with van der Waals surface area (Å²) in [5.41, 5.74) is 3.56. The molecule has 0 fully saturated rings. The second kappa shape index (κ2) is 4.78. The average molecular weight is 241 g/mol. The molecule has 0 saturated carbocycles. The highest BCUT2D eigenvalue weighted by Gasteiger charge is 2.23. The Kier molecular flexibility index (Phi) is 2.99. The topological polar surface area (TPSA) is 42.4 Å². The molecular formula is C15H15NO2. The molecule has 3 rings (SSSR count). The third-order valence-electron chi connectivity index (χ3n) is 3.16. The van der Waals surface area contributed by atoms with Gasteiger partial charge in [0.1, 0.15) is 6.10 Å². The van der Waals surface area contributed by atoms with E-state index in [0.29, 0.717) is 5.88 Å². The van der Waals surface area contributed by atoms with E-state index < -0.39 is 0 Å². The molecular weight excluding hydrogens is 226 g/mol. The van der Waals surface area contributed by atoms with Gasteiger partial charge in [0, 0.05) is 18.2 Å². The van der Waals surface area contributed by atoms with Gasteiger partial charge in [-0.05, 0) is 23.6 Å². The fourth-order valence-electron chi connectivity index (χ4n) is 2.27. The van der Waals surface area contributed by atoms with E-state index in [2.05, 4.69) is 23.2 Å². The first-order valence-electron chi connectivity index (χ1n) is 6.14. The summed E-state index contributed by atoms with van der Waals surface area (Å²) in [6, 6.07) is 12.5. The molecule has 0 amide bonds. The number of ether oxygens (including phenoxy) is 1. The van der Waals surface area contributed by atoms with E-state index in [9.17, 15) is 0 Å². The van der Waals surface area contributed by atoms with Crippen LogP contribution in [0.5, 0.6) is 5.88 Å². The number of hydrogen-bond donors (Lipinski definition) is 1. The number of aromatic nitrogens is 1. The Bertz CT molecular complexity index is 539. The van der Waals surface area contributed by atoms with Gasteiger partial charge in [0.2, 0.25) is 5.88 Å². The highest BCUT2D eigenvalue weighted by atomic mass is 16.5. The number of rotatable bonds is 3. The van der Waals surface area contributed by atoms with Gasteiger partial charge in [-0.15, -0.1) is 0 Å². The van der Waals surface area contributed by atoms with Crippen LogP contribution in [-0.4, -0.2) is 22.8 Å². The molecule has 1 N–H and O–H groups in total. The minimum atomic E-state index is -0.125. The van der Waals surface area contributed by atoms with Gasteiger partial charge in [0.15, 0.2) is 0 Å². The van der Waals surface area contributed by atoms with Crippen molar-refractivity contribution in [3.05, 3.63) is 59.3 Å². The lowest BCUT2D eigenvalue weighted by Crippen LogP contribution is -2.17. The highest BCUT2D eigenvalue weighted by Crippen LogP contribution is 2.27. The molecule has 0 aliphatic carbocycles. The van der Waals surface area contributed by atoms with Gasteiger partial charge in [-0.25, -0.2) is 4.98 Å². The number of fused-ring (bicyclic) bond motifs is 1. The highest BCUT2D eigenvalue weighted by molar-refractivity contribution is 5.36. The first-order chi connectivity index (χ1) is 8.85. The van der Waals surface area contributed by atoms with Crippen molar-refractivity contribution in [3.63, 3.8) is 0 Å². The predicted octanol–water partition coefficient (Wildman–Crippen LogP) is 1.97. The van der Waals surface area contributed by atoms with Crippen molar-refractivity contribution >= 4 is 0 Å². The van der Waals surface area contributed by atoms with Gasteiger partial charge in [-0.3, -0.25) is 0 Å². The standard InChI is InChI=1S/C15H15NO2/c17-10-14-8-13-7-12(9-16-15(13)18-14)6-11-4-2-1-3-5-11/h1-5,7,9,14,17H,6,8,10H2. The van der Waals surface area contributed by atoms with Crippen molar-refractivity contribution in [2.75, 3.05) is 6.61 Å². The van der Waals surface area contributed by atoms with Gasteiger partial charge in [-0.1, -0.05) is 30.3 Å². The largest absolute Gasteiger partial charge is 0.471 e. The molecule has 1 aromatic carbocycles. The lowest BCUT2D eigenvalue weighted by Gasteiger charge is -2.04. The Morgan fingerprint density at radius 3 is 2.83 bits per heavy atom. The smallest absolute Gasteiger partial charge is 0.217 e. The molecule has 18 heavy (non-hydrogen) atoms. The number of pyridine rings is 1. The molecule has 2 heterocycles. The molecule has 2 aromatic rings. The molecule has 3 nitrogen and oxygen atoms in total. The Labute approximate surface area is 106 Å². The van der Waals surface area contributed by atoms with Crippen LogP contribution in [0.3, 0.4) is 0 Å². The lowest BCUT2D eigenvalue weighted by atomic mass is 10.0. The van der Waals surface area contributed by atoms with Crippen molar-refractivity contribution in [1.82, 2.24) is 4.98 Å². The molecule has 0 bridgehead atoms. The van der Waals surface area contributed by atoms with Crippen molar-refractivity contribution in [3.8, 4) is 5.88 Å². The third kappa shape index (κ3) is 2.22.